The van der Waals surface area contributed by atoms with Gasteiger partial charge in [-0.05, 0) is 50.0 Å². The predicted molar refractivity (Wildman–Crippen MR) is 69.2 cm³/mol. The summed E-state index contributed by atoms with van der Waals surface area (Å²) in [5.41, 5.74) is 1.25. The maximum atomic E-state index is 14.8. The molecule has 1 saturated carbocycles. The van der Waals surface area contributed by atoms with Gasteiger partial charge in [-0.3, -0.25) is 0 Å². The Hall–Kier alpha value is -0.330. The first-order valence-electron chi connectivity index (χ1n) is 6.68. The molecule has 0 aromatic rings. The normalized spacial score (nSPS) is 23.1. The predicted octanol–water partition coefficient (Wildman–Crippen LogP) is 5.14. The summed E-state index contributed by atoms with van der Waals surface area (Å²) in [7, 11) is 0. The molecule has 0 heterocycles. The van der Waals surface area contributed by atoms with Crippen molar-refractivity contribution in [3.63, 3.8) is 0 Å². The van der Waals surface area contributed by atoms with Crippen LogP contribution in [0.1, 0.15) is 60.8 Å². The lowest BCUT2D eigenvalue weighted by molar-refractivity contribution is 0.151. The van der Waals surface area contributed by atoms with Crippen LogP contribution in [0.3, 0.4) is 0 Å². The zero-order chi connectivity index (χ0) is 12.5. The number of halogens is 1. The average molecular weight is 226 g/mol. The summed E-state index contributed by atoms with van der Waals surface area (Å²) in [6.45, 7) is 12.1. The van der Waals surface area contributed by atoms with Gasteiger partial charge in [0.15, 0.2) is 0 Å². The molecular formula is C15H27F. The molecule has 1 heteroatoms. The highest BCUT2D eigenvalue weighted by atomic mass is 19.1. The summed E-state index contributed by atoms with van der Waals surface area (Å²) in [4.78, 5) is 0. The molecular weight excluding hydrogens is 199 g/mol. The van der Waals surface area contributed by atoms with Gasteiger partial charge in [0.1, 0.15) is 5.67 Å². The van der Waals surface area contributed by atoms with Crippen LogP contribution < -0.4 is 0 Å². The number of allylic oxidation sites excluding steroid dienone is 2. The fraction of sp³-hybridized carbons (Fsp3) is 0.867. The lowest BCUT2D eigenvalue weighted by Crippen LogP contribution is -2.33. The molecule has 94 valence electrons. The standard InChI is InChI=1S/C15H27F/c1-10(2)14(15(6,16)11(3)4)12(5)13-8-7-9-13/h10-11,13H,7-9H2,1-6H3/b14-12-. The molecule has 1 fully saturated rings. The fourth-order valence-corrected chi connectivity index (χ4v) is 2.78. The van der Waals surface area contributed by atoms with Gasteiger partial charge in [0, 0.05) is 0 Å². The average Bonchev–Trinajstić information content (AvgIpc) is 1.97. The van der Waals surface area contributed by atoms with Gasteiger partial charge in [-0.2, -0.15) is 0 Å². The third-order valence-corrected chi connectivity index (χ3v) is 4.33. The van der Waals surface area contributed by atoms with Crippen molar-refractivity contribution in [1.82, 2.24) is 0 Å². The lowest BCUT2D eigenvalue weighted by atomic mass is 9.71. The zero-order valence-corrected chi connectivity index (χ0v) is 11.7. The molecule has 0 bridgehead atoms. The van der Waals surface area contributed by atoms with E-state index in [0.717, 1.165) is 5.57 Å². The molecule has 1 atom stereocenters. The van der Waals surface area contributed by atoms with Gasteiger partial charge in [0.2, 0.25) is 0 Å². The van der Waals surface area contributed by atoms with Crippen LogP contribution in [-0.4, -0.2) is 5.67 Å². The Balaban J connectivity index is 3.06. The third-order valence-electron chi connectivity index (χ3n) is 4.33. The molecule has 0 aromatic heterocycles. The Morgan fingerprint density at radius 2 is 1.69 bits per heavy atom. The van der Waals surface area contributed by atoms with E-state index >= 15 is 0 Å². The highest BCUT2D eigenvalue weighted by Crippen LogP contribution is 2.42. The van der Waals surface area contributed by atoms with Gasteiger partial charge in [0.05, 0.1) is 0 Å². The minimum Gasteiger partial charge on any atom is -0.239 e. The SMILES string of the molecule is C/C(=C(\C(C)C)C(C)(F)C(C)C)C1CCC1. The van der Waals surface area contributed by atoms with Gasteiger partial charge in [-0.1, -0.05) is 39.7 Å². The second kappa shape index (κ2) is 4.89. The second-order valence-electron chi connectivity index (χ2n) is 6.11. The van der Waals surface area contributed by atoms with Crippen molar-refractivity contribution in [2.24, 2.45) is 17.8 Å². The summed E-state index contributed by atoms with van der Waals surface area (Å²) in [5.74, 6) is 1.03. The van der Waals surface area contributed by atoms with E-state index in [1.165, 1.54) is 24.8 Å². The molecule has 0 saturated heterocycles. The summed E-state index contributed by atoms with van der Waals surface area (Å²) in [6, 6.07) is 0. The van der Waals surface area contributed by atoms with Crippen molar-refractivity contribution in [2.75, 3.05) is 0 Å². The Bertz CT molecular complexity index is 267. The maximum Gasteiger partial charge on any atom is 0.132 e. The first-order valence-corrected chi connectivity index (χ1v) is 6.68. The molecule has 0 spiro atoms. The molecule has 0 radical (unpaired) electrons. The molecule has 1 aliphatic rings. The number of hydrogen-bond acceptors (Lipinski definition) is 0. The van der Waals surface area contributed by atoms with Crippen molar-refractivity contribution in [3.8, 4) is 0 Å². The molecule has 0 amide bonds. The van der Waals surface area contributed by atoms with Crippen LogP contribution in [0.25, 0.3) is 0 Å². The molecule has 1 unspecified atom stereocenters. The van der Waals surface area contributed by atoms with E-state index in [4.69, 9.17) is 0 Å². The minimum atomic E-state index is -1.15. The monoisotopic (exact) mass is 226 g/mol. The third kappa shape index (κ3) is 2.49. The van der Waals surface area contributed by atoms with E-state index in [-0.39, 0.29) is 5.92 Å². The van der Waals surface area contributed by atoms with Crippen molar-refractivity contribution in [1.29, 1.82) is 0 Å². The van der Waals surface area contributed by atoms with Crippen molar-refractivity contribution >= 4 is 0 Å². The lowest BCUT2D eigenvalue weighted by Gasteiger charge is -2.37. The molecule has 1 rings (SSSR count). The minimum absolute atomic E-state index is 0.0555. The summed E-state index contributed by atoms with van der Waals surface area (Å²) in [5, 5.41) is 0. The topological polar surface area (TPSA) is 0 Å². The van der Waals surface area contributed by atoms with E-state index in [1.54, 1.807) is 6.92 Å². The van der Waals surface area contributed by atoms with E-state index in [0.29, 0.717) is 11.8 Å². The van der Waals surface area contributed by atoms with Gasteiger partial charge < -0.3 is 0 Å². The molecule has 0 aliphatic heterocycles. The van der Waals surface area contributed by atoms with Crippen LogP contribution >= 0.6 is 0 Å². The van der Waals surface area contributed by atoms with Crippen molar-refractivity contribution < 1.29 is 4.39 Å². The molecule has 1 aliphatic carbocycles. The van der Waals surface area contributed by atoms with Crippen LogP contribution in [0.2, 0.25) is 0 Å². The zero-order valence-electron chi connectivity index (χ0n) is 11.7. The van der Waals surface area contributed by atoms with Crippen LogP contribution in [-0.2, 0) is 0 Å². The summed E-state index contributed by atoms with van der Waals surface area (Å²) in [6.07, 6.45) is 3.84. The molecule has 0 nitrogen and oxygen atoms in total. The molecule has 16 heavy (non-hydrogen) atoms. The van der Waals surface area contributed by atoms with Crippen LogP contribution in [0.5, 0.6) is 0 Å². The Kier molecular flexibility index (Phi) is 4.20. The largest absolute Gasteiger partial charge is 0.239 e. The van der Waals surface area contributed by atoms with Crippen LogP contribution in [0.15, 0.2) is 11.1 Å². The van der Waals surface area contributed by atoms with E-state index in [9.17, 15) is 4.39 Å². The van der Waals surface area contributed by atoms with Gasteiger partial charge in [-0.15, -0.1) is 0 Å². The Labute approximate surface area is 100 Å². The Morgan fingerprint density at radius 3 is 1.94 bits per heavy atom. The molecule has 0 aromatic carbocycles. The second-order valence-corrected chi connectivity index (χ2v) is 6.11. The van der Waals surface area contributed by atoms with Gasteiger partial charge in [-0.25, -0.2) is 4.39 Å². The highest BCUT2D eigenvalue weighted by molar-refractivity contribution is 5.27. The fourth-order valence-electron chi connectivity index (χ4n) is 2.78. The first-order chi connectivity index (χ1) is 7.28. The number of alkyl halides is 1. The summed E-state index contributed by atoms with van der Waals surface area (Å²) >= 11 is 0. The van der Waals surface area contributed by atoms with Gasteiger partial charge >= 0.3 is 0 Å². The number of rotatable bonds is 4. The summed E-state index contributed by atoms with van der Waals surface area (Å²) < 4.78 is 14.8. The van der Waals surface area contributed by atoms with Gasteiger partial charge in [0.25, 0.3) is 0 Å². The van der Waals surface area contributed by atoms with E-state index in [1.807, 2.05) is 13.8 Å². The van der Waals surface area contributed by atoms with Crippen molar-refractivity contribution in [3.05, 3.63) is 11.1 Å². The highest BCUT2D eigenvalue weighted by Gasteiger charge is 2.37. The van der Waals surface area contributed by atoms with E-state index in [2.05, 4.69) is 20.8 Å². The number of hydrogen-bond donors (Lipinski definition) is 0. The quantitative estimate of drug-likeness (QED) is 0.582. The van der Waals surface area contributed by atoms with Crippen LogP contribution in [0.4, 0.5) is 4.39 Å². The smallest absolute Gasteiger partial charge is 0.132 e. The van der Waals surface area contributed by atoms with Crippen molar-refractivity contribution in [2.45, 2.75) is 66.5 Å². The Morgan fingerprint density at radius 1 is 1.19 bits per heavy atom. The maximum absolute atomic E-state index is 14.8. The van der Waals surface area contributed by atoms with E-state index < -0.39 is 5.67 Å². The molecule has 0 N–H and O–H groups in total. The van der Waals surface area contributed by atoms with Crippen LogP contribution in [0, 0.1) is 17.8 Å². The first kappa shape index (κ1) is 13.7.